The second-order valence-corrected chi connectivity index (χ2v) is 4.19. The van der Waals surface area contributed by atoms with E-state index in [1.165, 1.54) is 0 Å². The van der Waals surface area contributed by atoms with Crippen LogP contribution in [0.25, 0.3) is 0 Å². The number of nitrogens with one attached hydrogen (secondary N) is 1. The molecule has 0 aliphatic carbocycles. The lowest BCUT2D eigenvalue weighted by Crippen LogP contribution is -2.28. The average molecular weight is 237 g/mol. The molecule has 1 aliphatic heterocycles. The molecule has 1 aromatic rings. The number of benzene rings is 1. The molecule has 0 saturated carbocycles. The zero-order valence-electron chi connectivity index (χ0n) is 8.58. The van der Waals surface area contributed by atoms with E-state index < -0.39 is 5.60 Å². The molecule has 1 heterocycles. The zero-order valence-corrected chi connectivity index (χ0v) is 9.34. The van der Waals surface area contributed by atoms with Crippen LogP contribution in [0.4, 0.5) is 5.69 Å². The van der Waals surface area contributed by atoms with Gasteiger partial charge in [-0.15, -0.1) is 0 Å². The molecule has 1 N–H and O–H groups in total. The number of epoxide rings is 1. The first kappa shape index (κ1) is 10.9. The number of ether oxygens (including phenoxy) is 1. The molecule has 0 spiro atoms. The highest BCUT2D eigenvalue weighted by Gasteiger charge is 2.47. The molecule has 2 rings (SSSR count). The van der Waals surface area contributed by atoms with Gasteiger partial charge >= 0.3 is 0 Å². The van der Waals surface area contributed by atoms with Crippen LogP contribution in [0.2, 0.25) is 5.02 Å². The highest BCUT2D eigenvalue weighted by atomic mass is 35.5. The number of amides is 1. The molecule has 1 aliphatic rings. The first-order chi connectivity index (χ1) is 7.55. The van der Waals surface area contributed by atoms with Crippen LogP contribution in [-0.4, -0.2) is 18.1 Å². The number of hydrogen-bond donors (Lipinski definition) is 1. The topological polar surface area (TPSA) is 65.4 Å². The highest BCUT2D eigenvalue weighted by molar-refractivity contribution is 6.32. The van der Waals surface area contributed by atoms with E-state index in [2.05, 4.69) is 5.32 Å². The molecule has 5 heteroatoms. The fourth-order valence-corrected chi connectivity index (χ4v) is 1.41. The number of hydrogen-bond acceptors (Lipinski definition) is 3. The van der Waals surface area contributed by atoms with Gasteiger partial charge in [0.1, 0.15) is 6.07 Å². The van der Waals surface area contributed by atoms with Gasteiger partial charge in [0, 0.05) is 5.69 Å². The molecule has 4 nitrogen and oxygen atoms in total. The van der Waals surface area contributed by atoms with Crippen molar-refractivity contribution in [2.24, 2.45) is 0 Å². The number of carbonyl (C=O) groups is 1. The second-order valence-electron chi connectivity index (χ2n) is 3.78. The summed E-state index contributed by atoms with van der Waals surface area (Å²) in [5.74, 6) is -0.201. The second kappa shape index (κ2) is 3.78. The van der Waals surface area contributed by atoms with E-state index in [4.69, 9.17) is 21.6 Å². The van der Waals surface area contributed by atoms with Gasteiger partial charge in [-0.3, -0.25) is 4.79 Å². The Morgan fingerprint density at radius 1 is 1.69 bits per heavy atom. The summed E-state index contributed by atoms with van der Waals surface area (Å²) >= 11 is 5.84. The Balaban J connectivity index is 2.14. The Morgan fingerprint density at radius 2 is 2.38 bits per heavy atom. The van der Waals surface area contributed by atoms with Crippen LogP contribution in [0, 0.1) is 11.3 Å². The van der Waals surface area contributed by atoms with Gasteiger partial charge in [0.15, 0.2) is 5.60 Å². The van der Waals surface area contributed by atoms with Crippen LogP contribution >= 0.6 is 11.6 Å². The third kappa shape index (κ3) is 2.01. The van der Waals surface area contributed by atoms with Crippen LogP contribution in [0.15, 0.2) is 18.2 Å². The Hall–Kier alpha value is -1.57. The van der Waals surface area contributed by atoms with Gasteiger partial charge in [-0.05, 0) is 25.1 Å². The molecule has 1 unspecified atom stereocenters. The van der Waals surface area contributed by atoms with Crippen molar-refractivity contribution >= 4 is 23.2 Å². The molecule has 0 bridgehead atoms. The summed E-state index contributed by atoms with van der Waals surface area (Å²) in [5, 5.41) is 11.7. The Bertz CT molecular complexity index is 489. The molecule has 16 heavy (non-hydrogen) atoms. The van der Waals surface area contributed by atoms with Gasteiger partial charge in [-0.2, -0.15) is 5.26 Å². The minimum atomic E-state index is -0.708. The monoisotopic (exact) mass is 236 g/mol. The summed E-state index contributed by atoms with van der Waals surface area (Å²) in [6, 6.07) is 6.69. The Labute approximate surface area is 97.8 Å². The van der Waals surface area contributed by atoms with Gasteiger partial charge < -0.3 is 10.1 Å². The molecule has 1 amide bonds. The third-order valence-electron chi connectivity index (χ3n) is 2.41. The van der Waals surface area contributed by atoms with Crippen molar-refractivity contribution in [1.82, 2.24) is 0 Å². The SMILES string of the molecule is CC1(C(=O)Nc2ccc(C#N)c(Cl)c2)CO1. The van der Waals surface area contributed by atoms with E-state index in [0.717, 1.165) is 0 Å². The van der Waals surface area contributed by atoms with Crippen LogP contribution in [0.1, 0.15) is 12.5 Å². The quantitative estimate of drug-likeness (QED) is 0.798. The van der Waals surface area contributed by atoms with Gasteiger partial charge in [0.2, 0.25) is 0 Å². The van der Waals surface area contributed by atoms with E-state index in [1.807, 2.05) is 6.07 Å². The Morgan fingerprint density at radius 3 is 2.88 bits per heavy atom. The predicted octanol–water partition coefficient (Wildman–Crippen LogP) is 1.94. The van der Waals surface area contributed by atoms with Crippen molar-refractivity contribution in [1.29, 1.82) is 5.26 Å². The van der Waals surface area contributed by atoms with Crippen LogP contribution in [0.3, 0.4) is 0 Å². The molecule has 1 aromatic carbocycles. The first-order valence-electron chi connectivity index (χ1n) is 4.70. The number of nitriles is 1. The maximum absolute atomic E-state index is 11.6. The number of carbonyl (C=O) groups excluding carboxylic acids is 1. The fraction of sp³-hybridized carbons (Fsp3) is 0.273. The highest BCUT2D eigenvalue weighted by Crippen LogP contribution is 2.28. The third-order valence-corrected chi connectivity index (χ3v) is 2.72. The minimum absolute atomic E-state index is 0.201. The first-order valence-corrected chi connectivity index (χ1v) is 5.08. The maximum Gasteiger partial charge on any atom is 0.258 e. The van der Waals surface area contributed by atoms with Gasteiger partial charge in [0.25, 0.3) is 5.91 Å². The maximum atomic E-state index is 11.6. The van der Waals surface area contributed by atoms with Gasteiger partial charge in [-0.25, -0.2) is 0 Å². The molecule has 1 atom stereocenters. The van der Waals surface area contributed by atoms with E-state index in [9.17, 15) is 4.79 Å². The van der Waals surface area contributed by atoms with Crippen LogP contribution in [0.5, 0.6) is 0 Å². The molecule has 1 saturated heterocycles. The Kier molecular flexibility index (Phi) is 2.58. The standard InChI is InChI=1S/C11H9ClN2O2/c1-11(6-16-11)10(15)14-8-3-2-7(5-13)9(12)4-8/h2-4H,6H2,1H3,(H,14,15). The van der Waals surface area contributed by atoms with Crippen LogP contribution in [-0.2, 0) is 9.53 Å². The van der Waals surface area contributed by atoms with Crippen molar-refractivity contribution in [3.8, 4) is 6.07 Å². The van der Waals surface area contributed by atoms with Gasteiger partial charge in [0.05, 0.1) is 17.2 Å². The molecule has 0 aromatic heterocycles. The minimum Gasteiger partial charge on any atom is -0.359 e. The smallest absolute Gasteiger partial charge is 0.258 e. The number of anilines is 1. The van der Waals surface area contributed by atoms with E-state index in [0.29, 0.717) is 22.9 Å². The largest absolute Gasteiger partial charge is 0.359 e. The molecule has 0 radical (unpaired) electrons. The van der Waals surface area contributed by atoms with E-state index >= 15 is 0 Å². The van der Waals surface area contributed by atoms with Gasteiger partial charge in [-0.1, -0.05) is 11.6 Å². The van der Waals surface area contributed by atoms with Crippen molar-refractivity contribution in [3.63, 3.8) is 0 Å². The number of rotatable bonds is 2. The molecule has 1 fully saturated rings. The van der Waals surface area contributed by atoms with Crippen LogP contribution < -0.4 is 5.32 Å². The van der Waals surface area contributed by atoms with Crippen molar-refractivity contribution in [2.45, 2.75) is 12.5 Å². The van der Waals surface area contributed by atoms with E-state index in [-0.39, 0.29) is 5.91 Å². The summed E-state index contributed by atoms with van der Waals surface area (Å²) in [5.41, 5.74) is 0.236. The lowest BCUT2D eigenvalue weighted by molar-refractivity contribution is -0.120. The molecule has 82 valence electrons. The fourth-order valence-electron chi connectivity index (χ4n) is 1.19. The lowest BCUT2D eigenvalue weighted by atomic mass is 10.1. The summed E-state index contributed by atoms with van der Waals surface area (Å²) in [4.78, 5) is 11.6. The summed E-state index contributed by atoms with van der Waals surface area (Å²) < 4.78 is 5.01. The predicted molar refractivity (Wildman–Crippen MR) is 59.2 cm³/mol. The summed E-state index contributed by atoms with van der Waals surface area (Å²) in [7, 11) is 0. The lowest BCUT2D eigenvalue weighted by Gasteiger charge is -2.08. The summed E-state index contributed by atoms with van der Waals surface area (Å²) in [6.45, 7) is 2.15. The molecular formula is C11H9ClN2O2. The number of halogens is 1. The summed E-state index contributed by atoms with van der Waals surface area (Å²) in [6.07, 6.45) is 0. The normalized spacial score (nSPS) is 22.3. The van der Waals surface area contributed by atoms with Crippen molar-refractivity contribution in [3.05, 3.63) is 28.8 Å². The van der Waals surface area contributed by atoms with Crippen molar-refractivity contribution < 1.29 is 9.53 Å². The van der Waals surface area contributed by atoms with E-state index in [1.54, 1.807) is 25.1 Å². The molecular weight excluding hydrogens is 228 g/mol. The average Bonchev–Trinajstić information content (AvgIpc) is 2.98. The van der Waals surface area contributed by atoms with Crippen molar-refractivity contribution in [2.75, 3.05) is 11.9 Å². The zero-order chi connectivity index (χ0) is 11.8. The number of nitrogens with zero attached hydrogens (tertiary/aromatic N) is 1.